The van der Waals surface area contributed by atoms with Crippen molar-refractivity contribution in [2.24, 2.45) is 0 Å². The van der Waals surface area contributed by atoms with Crippen LogP contribution in [-0.2, 0) is 4.79 Å². The Bertz CT molecular complexity index is 1160. The van der Waals surface area contributed by atoms with E-state index in [1.165, 1.54) is 0 Å². The Morgan fingerprint density at radius 1 is 0.742 bits per heavy atom. The van der Waals surface area contributed by atoms with Crippen LogP contribution in [0.25, 0.3) is 33.5 Å². The lowest BCUT2D eigenvalue weighted by molar-refractivity contribution is -0.134. The minimum absolute atomic E-state index is 0.201. The molecule has 1 heterocycles. The first-order valence-corrected chi connectivity index (χ1v) is 10.9. The quantitative estimate of drug-likeness (QED) is 0.181. The molecule has 156 valence electrons. The molecule has 4 nitrogen and oxygen atoms in total. The number of aromatic nitrogens is 2. The first kappa shape index (κ1) is 20.7. The molecule has 4 heteroatoms. The highest BCUT2D eigenvalue weighted by Crippen LogP contribution is 2.31. The van der Waals surface area contributed by atoms with Crippen molar-refractivity contribution in [2.75, 3.05) is 0 Å². The summed E-state index contributed by atoms with van der Waals surface area (Å²) in [5.74, 6) is 0.307. The molecule has 31 heavy (non-hydrogen) atoms. The van der Waals surface area contributed by atoms with E-state index in [0.29, 0.717) is 17.7 Å². The van der Waals surface area contributed by atoms with Crippen molar-refractivity contribution in [1.29, 1.82) is 0 Å². The predicted octanol–water partition coefficient (Wildman–Crippen LogP) is 6.84. The largest absolute Gasteiger partial charge is 0.426 e. The number of benzene rings is 3. The first-order valence-electron chi connectivity index (χ1n) is 10.9. The SMILES string of the molecule is CCCCCCC(=O)Oc1ccc2nc(-c3ccccc3)c(-c3ccccc3)nc2c1. The summed E-state index contributed by atoms with van der Waals surface area (Å²) in [7, 11) is 0. The zero-order valence-corrected chi connectivity index (χ0v) is 17.8. The van der Waals surface area contributed by atoms with Gasteiger partial charge in [0.2, 0.25) is 0 Å². The zero-order chi connectivity index (χ0) is 21.5. The Hall–Kier alpha value is -3.53. The van der Waals surface area contributed by atoms with Gasteiger partial charge in [-0.2, -0.15) is 0 Å². The molecule has 0 saturated carbocycles. The summed E-state index contributed by atoms with van der Waals surface area (Å²) in [6.07, 6.45) is 4.64. The molecule has 1 aromatic heterocycles. The number of ether oxygens (including phenoxy) is 1. The Balaban J connectivity index is 1.67. The van der Waals surface area contributed by atoms with Gasteiger partial charge in [0.05, 0.1) is 22.4 Å². The Labute approximate surface area is 182 Å². The van der Waals surface area contributed by atoms with Crippen LogP contribution in [0.15, 0.2) is 78.9 Å². The van der Waals surface area contributed by atoms with Crippen LogP contribution in [-0.4, -0.2) is 15.9 Å². The minimum Gasteiger partial charge on any atom is -0.426 e. The number of nitrogens with zero attached hydrogens (tertiary/aromatic N) is 2. The van der Waals surface area contributed by atoms with Crippen LogP contribution in [0, 0.1) is 0 Å². The Morgan fingerprint density at radius 2 is 1.35 bits per heavy atom. The fraction of sp³-hybridized carbons (Fsp3) is 0.222. The van der Waals surface area contributed by atoms with E-state index in [2.05, 4.69) is 6.92 Å². The van der Waals surface area contributed by atoms with Gasteiger partial charge in [-0.1, -0.05) is 86.8 Å². The smallest absolute Gasteiger partial charge is 0.311 e. The van der Waals surface area contributed by atoms with Crippen LogP contribution in [0.3, 0.4) is 0 Å². The van der Waals surface area contributed by atoms with E-state index in [-0.39, 0.29) is 5.97 Å². The fourth-order valence-corrected chi connectivity index (χ4v) is 3.57. The molecule has 0 spiro atoms. The Kier molecular flexibility index (Phi) is 6.68. The maximum atomic E-state index is 12.2. The van der Waals surface area contributed by atoms with Crippen molar-refractivity contribution in [1.82, 2.24) is 9.97 Å². The van der Waals surface area contributed by atoms with E-state index >= 15 is 0 Å². The van der Waals surface area contributed by atoms with E-state index in [1.807, 2.05) is 66.7 Å². The molecule has 4 rings (SSSR count). The highest BCUT2D eigenvalue weighted by atomic mass is 16.5. The molecule has 0 unspecified atom stereocenters. The van der Waals surface area contributed by atoms with E-state index in [4.69, 9.17) is 14.7 Å². The van der Waals surface area contributed by atoms with Gasteiger partial charge >= 0.3 is 5.97 Å². The summed E-state index contributed by atoms with van der Waals surface area (Å²) in [5.41, 5.74) is 5.12. The summed E-state index contributed by atoms with van der Waals surface area (Å²) in [6.45, 7) is 2.15. The molecule has 3 aromatic carbocycles. The van der Waals surface area contributed by atoms with Gasteiger partial charge in [0.15, 0.2) is 0 Å². The molecule has 4 aromatic rings. The van der Waals surface area contributed by atoms with Crippen molar-refractivity contribution in [2.45, 2.75) is 39.0 Å². The third kappa shape index (κ3) is 5.15. The van der Waals surface area contributed by atoms with Crippen molar-refractivity contribution >= 4 is 17.0 Å². The monoisotopic (exact) mass is 410 g/mol. The van der Waals surface area contributed by atoms with Gasteiger partial charge in [-0.05, 0) is 18.6 Å². The number of esters is 1. The lowest BCUT2D eigenvalue weighted by Gasteiger charge is -2.11. The molecular formula is C27H26N2O2. The maximum absolute atomic E-state index is 12.2. The molecule has 0 atom stereocenters. The average molecular weight is 411 g/mol. The fourth-order valence-electron chi connectivity index (χ4n) is 3.57. The minimum atomic E-state index is -0.201. The first-order chi connectivity index (χ1) is 15.2. The van der Waals surface area contributed by atoms with Crippen molar-refractivity contribution in [3.8, 4) is 28.3 Å². The second-order valence-corrected chi connectivity index (χ2v) is 7.59. The number of unbranched alkanes of at least 4 members (excludes halogenated alkanes) is 3. The lowest BCUT2D eigenvalue weighted by Crippen LogP contribution is -2.07. The summed E-state index contributed by atoms with van der Waals surface area (Å²) in [5, 5.41) is 0. The van der Waals surface area contributed by atoms with E-state index in [0.717, 1.165) is 53.7 Å². The van der Waals surface area contributed by atoms with Crippen LogP contribution in [0.4, 0.5) is 0 Å². The molecule has 0 aliphatic rings. The molecule has 0 saturated heterocycles. The van der Waals surface area contributed by atoms with E-state index < -0.39 is 0 Å². The third-order valence-electron chi connectivity index (χ3n) is 5.20. The highest BCUT2D eigenvalue weighted by molar-refractivity contribution is 5.87. The zero-order valence-electron chi connectivity index (χ0n) is 17.8. The van der Waals surface area contributed by atoms with Gasteiger partial charge in [-0.15, -0.1) is 0 Å². The van der Waals surface area contributed by atoms with Crippen LogP contribution in [0.1, 0.15) is 39.0 Å². The number of rotatable bonds is 8. The second kappa shape index (κ2) is 9.98. The molecule has 0 aliphatic carbocycles. The van der Waals surface area contributed by atoms with Crippen molar-refractivity contribution in [3.63, 3.8) is 0 Å². The summed E-state index contributed by atoms with van der Waals surface area (Å²) in [4.78, 5) is 22.0. The normalized spacial score (nSPS) is 10.9. The van der Waals surface area contributed by atoms with Crippen LogP contribution >= 0.6 is 0 Å². The van der Waals surface area contributed by atoms with Crippen molar-refractivity contribution in [3.05, 3.63) is 78.9 Å². The van der Waals surface area contributed by atoms with Gasteiger partial charge in [-0.25, -0.2) is 9.97 Å². The summed E-state index contributed by atoms with van der Waals surface area (Å²) in [6, 6.07) is 25.5. The van der Waals surface area contributed by atoms with Gasteiger partial charge in [0.25, 0.3) is 0 Å². The van der Waals surface area contributed by atoms with Crippen LogP contribution in [0.5, 0.6) is 5.75 Å². The van der Waals surface area contributed by atoms with Gasteiger partial charge in [-0.3, -0.25) is 4.79 Å². The number of hydrogen-bond donors (Lipinski definition) is 0. The topological polar surface area (TPSA) is 52.1 Å². The number of carbonyl (C=O) groups excluding carboxylic acids is 1. The van der Waals surface area contributed by atoms with Crippen LogP contribution in [0.2, 0.25) is 0 Å². The molecule has 0 fully saturated rings. The molecule has 0 aliphatic heterocycles. The Morgan fingerprint density at radius 3 is 1.97 bits per heavy atom. The third-order valence-corrected chi connectivity index (χ3v) is 5.20. The average Bonchev–Trinajstić information content (AvgIpc) is 2.82. The maximum Gasteiger partial charge on any atom is 0.311 e. The molecular weight excluding hydrogens is 384 g/mol. The van der Waals surface area contributed by atoms with E-state index in [1.54, 1.807) is 12.1 Å². The standard InChI is InChI=1S/C27H26N2O2/c1-2-3-4-11-16-25(30)31-22-17-18-23-24(19-22)29-27(21-14-9-6-10-15-21)26(28-23)20-12-7-5-8-13-20/h5-10,12-15,17-19H,2-4,11,16H2,1H3. The highest BCUT2D eigenvalue weighted by Gasteiger charge is 2.14. The number of fused-ring (bicyclic) bond motifs is 1. The van der Waals surface area contributed by atoms with Gasteiger partial charge in [0, 0.05) is 23.6 Å². The number of carbonyl (C=O) groups is 1. The van der Waals surface area contributed by atoms with E-state index in [9.17, 15) is 4.79 Å². The van der Waals surface area contributed by atoms with Gasteiger partial charge in [0.1, 0.15) is 5.75 Å². The molecule has 0 radical (unpaired) electrons. The molecule has 0 bridgehead atoms. The molecule has 0 N–H and O–H groups in total. The summed E-state index contributed by atoms with van der Waals surface area (Å²) >= 11 is 0. The lowest BCUT2D eigenvalue weighted by atomic mass is 10.0. The predicted molar refractivity (Wildman–Crippen MR) is 125 cm³/mol. The van der Waals surface area contributed by atoms with Crippen molar-refractivity contribution < 1.29 is 9.53 Å². The second-order valence-electron chi connectivity index (χ2n) is 7.59. The molecule has 0 amide bonds. The number of hydrogen-bond acceptors (Lipinski definition) is 4. The summed E-state index contributed by atoms with van der Waals surface area (Å²) < 4.78 is 5.56. The van der Waals surface area contributed by atoms with Gasteiger partial charge < -0.3 is 4.74 Å². The van der Waals surface area contributed by atoms with Crippen LogP contribution < -0.4 is 4.74 Å².